The lowest BCUT2D eigenvalue weighted by atomic mass is 10.0. The van der Waals surface area contributed by atoms with Crippen LogP contribution in [0, 0.1) is 0 Å². The molecule has 5 heteroatoms. The van der Waals surface area contributed by atoms with Gasteiger partial charge >= 0.3 is 0 Å². The Bertz CT molecular complexity index is 1110. The van der Waals surface area contributed by atoms with E-state index in [1.54, 1.807) is 24.3 Å². The maximum absolute atomic E-state index is 12.5. The van der Waals surface area contributed by atoms with Crippen LogP contribution in [0.1, 0.15) is 35.7 Å². The molecule has 0 fully saturated rings. The molecule has 0 unspecified atom stereocenters. The molecule has 3 aromatic carbocycles. The van der Waals surface area contributed by atoms with Crippen molar-refractivity contribution in [3.63, 3.8) is 0 Å². The predicted molar refractivity (Wildman–Crippen MR) is 110 cm³/mol. The molecule has 0 aliphatic carbocycles. The van der Waals surface area contributed by atoms with E-state index in [0.717, 1.165) is 5.52 Å². The Morgan fingerprint density at radius 1 is 1.04 bits per heavy atom. The van der Waals surface area contributed by atoms with E-state index < -0.39 is 0 Å². The van der Waals surface area contributed by atoms with Crippen LogP contribution in [-0.4, -0.2) is 16.0 Å². The highest BCUT2D eigenvalue weighted by molar-refractivity contribution is 6.04. The third-order valence-electron chi connectivity index (χ3n) is 4.62. The van der Waals surface area contributed by atoms with Gasteiger partial charge in [0.15, 0.2) is 5.58 Å². The molecule has 28 heavy (non-hydrogen) atoms. The van der Waals surface area contributed by atoms with E-state index in [9.17, 15) is 9.90 Å². The lowest BCUT2D eigenvalue weighted by molar-refractivity contribution is 0.102. The first-order chi connectivity index (χ1) is 13.5. The van der Waals surface area contributed by atoms with Gasteiger partial charge in [0.25, 0.3) is 5.91 Å². The van der Waals surface area contributed by atoms with Crippen molar-refractivity contribution in [2.45, 2.75) is 19.8 Å². The maximum atomic E-state index is 12.5. The van der Waals surface area contributed by atoms with Crippen molar-refractivity contribution in [3.8, 4) is 17.2 Å². The molecule has 4 rings (SSSR count). The van der Waals surface area contributed by atoms with Gasteiger partial charge in [-0.1, -0.05) is 38.1 Å². The first-order valence-electron chi connectivity index (χ1n) is 9.11. The number of hydrogen-bond donors (Lipinski definition) is 2. The highest BCUT2D eigenvalue weighted by Crippen LogP contribution is 2.33. The zero-order valence-electron chi connectivity index (χ0n) is 15.6. The monoisotopic (exact) mass is 372 g/mol. The van der Waals surface area contributed by atoms with Crippen LogP contribution in [0.5, 0.6) is 5.75 Å². The lowest BCUT2D eigenvalue weighted by Crippen LogP contribution is -2.11. The summed E-state index contributed by atoms with van der Waals surface area (Å²) in [6, 6.07) is 19.8. The molecular formula is C23H20N2O3. The third kappa shape index (κ3) is 3.47. The molecule has 0 saturated heterocycles. The minimum Gasteiger partial charge on any atom is -0.507 e. The number of rotatable bonds is 4. The standard InChI is InChI=1S/C23H20N2O3/c1-14(2)15-7-9-16(10-8-15)22(27)24-17-11-12-18(20(26)13-17)23-25-19-5-3-4-6-21(19)28-23/h3-14,26H,1-2H3,(H,24,27). The summed E-state index contributed by atoms with van der Waals surface area (Å²) in [6.45, 7) is 4.21. The van der Waals surface area contributed by atoms with E-state index in [1.807, 2.05) is 36.4 Å². The summed E-state index contributed by atoms with van der Waals surface area (Å²) in [5.41, 5.74) is 4.08. The molecule has 2 N–H and O–H groups in total. The molecule has 4 aromatic rings. The zero-order valence-corrected chi connectivity index (χ0v) is 15.6. The molecular weight excluding hydrogens is 352 g/mol. The van der Waals surface area contributed by atoms with Crippen molar-refractivity contribution < 1.29 is 14.3 Å². The number of amides is 1. The molecule has 1 heterocycles. The van der Waals surface area contributed by atoms with Crippen LogP contribution in [0.15, 0.2) is 71.1 Å². The van der Waals surface area contributed by atoms with Gasteiger partial charge in [0.2, 0.25) is 5.89 Å². The molecule has 1 aromatic heterocycles. The summed E-state index contributed by atoms with van der Waals surface area (Å²) in [7, 11) is 0. The average Bonchev–Trinajstić information content (AvgIpc) is 3.12. The van der Waals surface area contributed by atoms with Gasteiger partial charge in [-0.15, -0.1) is 0 Å². The fourth-order valence-corrected chi connectivity index (χ4v) is 3.00. The minimum atomic E-state index is -0.232. The number of carbonyl (C=O) groups excluding carboxylic acids is 1. The molecule has 0 saturated carbocycles. The molecule has 0 aliphatic heterocycles. The summed E-state index contributed by atoms with van der Waals surface area (Å²) >= 11 is 0. The van der Waals surface area contributed by atoms with E-state index in [1.165, 1.54) is 11.6 Å². The van der Waals surface area contributed by atoms with Gasteiger partial charge in [0.05, 0.1) is 5.56 Å². The number of phenolic OH excluding ortho intramolecular Hbond substituents is 1. The van der Waals surface area contributed by atoms with Gasteiger partial charge in [-0.3, -0.25) is 4.79 Å². The van der Waals surface area contributed by atoms with Crippen molar-refractivity contribution in [2.24, 2.45) is 0 Å². The summed E-state index contributed by atoms with van der Waals surface area (Å²) in [5.74, 6) is 0.498. The fourth-order valence-electron chi connectivity index (χ4n) is 3.00. The van der Waals surface area contributed by atoms with Gasteiger partial charge in [0, 0.05) is 17.3 Å². The van der Waals surface area contributed by atoms with Crippen LogP contribution in [-0.2, 0) is 0 Å². The van der Waals surface area contributed by atoms with Crippen molar-refractivity contribution in [1.29, 1.82) is 0 Å². The number of nitrogens with zero attached hydrogens (tertiary/aromatic N) is 1. The Labute approximate surface area is 162 Å². The molecule has 0 spiro atoms. The number of anilines is 1. The number of aromatic hydroxyl groups is 1. The predicted octanol–water partition coefficient (Wildman–Crippen LogP) is 5.58. The molecule has 5 nitrogen and oxygen atoms in total. The Balaban J connectivity index is 1.55. The summed E-state index contributed by atoms with van der Waals surface area (Å²) in [6.07, 6.45) is 0. The van der Waals surface area contributed by atoms with Crippen LogP contribution in [0.3, 0.4) is 0 Å². The second-order valence-corrected chi connectivity index (χ2v) is 6.95. The number of benzene rings is 3. The Morgan fingerprint density at radius 3 is 2.46 bits per heavy atom. The van der Waals surface area contributed by atoms with Gasteiger partial charge in [-0.2, -0.15) is 0 Å². The quantitative estimate of drug-likeness (QED) is 0.491. The topological polar surface area (TPSA) is 75.4 Å². The second kappa shape index (κ2) is 7.19. The van der Waals surface area contributed by atoms with Gasteiger partial charge in [-0.05, 0) is 47.9 Å². The summed E-state index contributed by atoms with van der Waals surface area (Å²) in [4.78, 5) is 16.8. The normalized spacial score (nSPS) is 11.1. The number of aromatic nitrogens is 1. The second-order valence-electron chi connectivity index (χ2n) is 6.95. The summed E-state index contributed by atoms with van der Waals surface area (Å²) < 4.78 is 5.70. The number of oxazole rings is 1. The van der Waals surface area contributed by atoms with Crippen molar-refractivity contribution in [2.75, 3.05) is 5.32 Å². The lowest BCUT2D eigenvalue weighted by Gasteiger charge is -2.09. The molecule has 0 radical (unpaired) electrons. The van der Waals surface area contributed by atoms with Crippen LogP contribution in [0.25, 0.3) is 22.6 Å². The van der Waals surface area contributed by atoms with Gasteiger partial charge in [-0.25, -0.2) is 4.98 Å². The largest absolute Gasteiger partial charge is 0.507 e. The van der Waals surface area contributed by atoms with Crippen LogP contribution >= 0.6 is 0 Å². The van der Waals surface area contributed by atoms with Gasteiger partial charge < -0.3 is 14.8 Å². The molecule has 0 aliphatic rings. The maximum Gasteiger partial charge on any atom is 0.255 e. The van der Waals surface area contributed by atoms with E-state index in [0.29, 0.717) is 34.2 Å². The van der Waals surface area contributed by atoms with E-state index in [2.05, 4.69) is 24.1 Å². The highest BCUT2D eigenvalue weighted by Gasteiger charge is 2.14. The molecule has 0 bridgehead atoms. The smallest absolute Gasteiger partial charge is 0.255 e. The third-order valence-corrected chi connectivity index (χ3v) is 4.62. The number of fused-ring (bicyclic) bond motifs is 1. The van der Waals surface area contributed by atoms with Crippen LogP contribution in [0.4, 0.5) is 5.69 Å². The number of carbonyl (C=O) groups is 1. The Hall–Kier alpha value is -3.60. The number of phenols is 1. The van der Waals surface area contributed by atoms with Crippen molar-refractivity contribution in [3.05, 3.63) is 77.9 Å². The number of hydrogen-bond acceptors (Lipinski definition) is 4. The van der Waals surface area contributed by atoms with Crippen LogP contribution in [0.2, 0.25) is 0 Å². The molecule has 0 atom stereocenters. The van der Waals surface area contributed by atoms with E-state index in [4.69, 9.17) is 4.42 Å². The first kappa shape index (κ1) is 17.8. The Morgan fingerprint density at radius 2 is 1.79 bits per heavy atom. The Kier molecular flexibility index (Phi) is 4.57. The van der Waals surface area contributed by atoms with Crippen LogP contribution < -0.4 is 5.32 Å². The SMILES string of the molecule is CC(C)c1ccc(C(=O)Nc2ccc(-c3nc4ccccc4o3)c(O)c2)cc1. The number of para-hydroxylation sites is 2. The van der Waals surface area contributed by atoms with Crippen molar-refractivity contribution in [1.82, 2.24) is 4.98 Å². The first-order valence-corrected chi connectivity index (χ1v) is 9.11. The number of nitrogens with one attached hydrogen (secondary N) is 1. The van der Waals surface area contributed by atoms with E-state index >= 15 is 0 Å². The van der Waals surface area contributed by atoms with Gasteiger partial charge in [0.1, 0.15) is 11.3 Å². The van der Waals surface area contributed by atoms with Crippen molar-refractivity contribution >= 4 is 22.7 Å². The molecule has 140 valence electrons. The summed E-state index contributed by atoms with van der Waals surface area (Å²) in [5, 5.41) is 13.2. The zero-order chi connectivity index (χ0) is 19.7. The van der Waals surface area contributed by atoms with E-state index in [-0.39, 0.29) is 11.7 Å². The highest BCUT2D eigenvalue weighted by atomic mass is 16.3. The average molecular weight is 372 g/mol. The fraction of sp³-hybridized carbons (Fsp3) is 0.130. The minimum absolute atomic E-state index is 0.0143. The molecule has 1 amide bonds.